The molecule has 164 valence electrons. The Morgan fingerprint density at radius 1 is 1.29 bits per heavy atom. The number of aliphatic hydroxyl groups excluding tert-OH is 1. The molecule has 1 aromatic carbocycles. The molecule has 0 saturated carbocycles. The normalized spacial score (nSPS) is 12.6. The van der Waals surface area contributed by atoms with Gasteiger partial charge in [0.05, 0.1) is 30.5 Å². The molecule has 0 aliphatic heterocycles. The van der Waals surface area contributed by atoms with Crippen molar-refractivity contribution < 1.29 is 27.5 Å². The maximum absolute atomic E-state index is 13.8. The Balaban J connectivity index is 1.82. The largest absolute Gasteiger partial charge is 0.435 e. The Morgan fingerprint density at radius 2 is 2.03 bits per heavy atom. The van der Waals surface area contributed by atoms with Crippen LogP contribution >= 0.6 is 11.6 Å². The average molecular weight is 457 g/mol. The summed E-state index contributed by atoms with van der Waals surface area (Å²) in [5.74, 6) is -2.14. The Morgan fingerprint density at radius 3 is 2.65 bits per heavy atom. The molecule has 0 bridgehead atoms. The number of aromatic nitrogens is 3. The molecule has 2 N–H and O–H groups in total. The second-order valence-electron chi connectivity index (χ2n) is 6.71. The molecule has 0 aliphatic carbocycles. The van der Waals surface area contributed by atoms with Crippen LogP contribution in [0, 0.1) is 5.82 Å². The van der Waals surface area contributed by atoms with E-state index in [9.17, 15) is 22.4 Å². The number of benzene rings is 1. The Hall–Kier alpha value is -2.98. The molecule has 0 radical (unpaired) electrons. The second kappa shape index (κ2) is 9.03. The van der Waals surface area contributed by atoms with Crippen LogP contribution in [0.2, 0.25) is 5.02 Å². The van der Waals surface area contributed by atoms with E-state index in [4.69, 9.17) is 16.7 Å². The van der Waals surface area contributed by atoms with E-state index >= 15 is 0 Å². The summed E-state index contributed by atoms with van der Waals surface area (Å²) in [4.78, 5) is 16.3. The Kier molecular flexibility index (Phi) is 6.61. The monoisotopic (exact) mass is 456 g/mol. The number of hydrogen-bond acceptors (Lipinski definition) is 4. The quantitative estimate of drug-likeness (QED) is 0.550. The number of pyridine rings is 1. The first-order valence-electron chi connectivity index (χ1n) is 9.05. The predicted octanol–water partition coefficient (Wildman–Crippen LogP) is 3.99. The molecule has 2 heterocycles. The summed E-state index contributed by atoms with van der Waals surface area (Å²) in [6.45, 7) is 0.658. The van der Waals surface area contributed by atoms with Crippen LogP contribution in [0.3, 0.4) is 0 Å². The first-order valence-corrected chi connectivity index (χ1v) is 9.43. The van der Waals surface area contributed by atoms with Crippen molar-refractivity contribution in [2.75, 3.05) is 0 Å². The molecule has 0 saturated heterocycles. The number of alkyl halides is 3. The van der Waals surface area contributed by atoms with E-state index in [1.807, 2.05) is 0 Å². The SMILES string of the molecule is CC(C(=O)NCc1cc(C(F)(F)F)nn1-c1cccc(Cl)c1)c1cnc(CO)c(F)c1. The number of carbonyl (C=O) groups is 1. The van der Waals surface area contributed by atoms with E-state index in [1.54, 1.807) is 12.1 Å². The van der Waals surface area contributed by atoms with Crippen molar-refractivity contribution in [1.29, 1.82) is 0 Å². The zero-order valence-corrected chi connectivity index (χ0v) is 16.9. The lowest BCUT2D eigenvalue weighted by Gasteiger charge is -2.14. The van der Waals surface area contributed by atoms with Gasteiger partial charge in [-0.25, -0.2) is 9.07 Å². The van der Waals surface area contributed by atoms with E-state index in [1.165, 1.54) is 25.3 Å². The molecular formula is C20H17ClF4N4O2. The lowest BCUT2D eigenvalue weighted by Crippen LogP contribution is -2.28. The number of hydrogen-bond donors (Lipinski definition) is 2. The van der Waals surface area contributed by atoms with E-state index < -0.39 is 36.1 Å². The summed E-state index contributed by atoms with van der Waals surface area (Å²) >= 11 is 5.93. The number of nitrogens with zero attached hydrogens (tertiary/aromatic N) is 3. The van der Waals surface area contributed by atoms with Gasteiger partial charge in [0, 0.05) is 11.2 Å². The first-order chi connectivity index (χ1) is 14.6. The van der Waals surface area contributed by atoms with E-state index in [2.05, 4.69) is 15.4 Å². The van der Waals surface area contributed by atoms with Crippen molar-refractivity contribution in [3.05, 3.63) is 76.1 Å². The molecule has 3 aromatic rings. The summed E-state index contributed by atoms with van der Waals surface area (Å²) in [5, 5.41) is 15.4. The molecule has 0 fully saturated rings. The zero-order chi connectivity index (χ0) is 22.8. The number of halogens is 5. The van der Waals surface area contributed by atoms with Gasteiger partial charge in [-0.15, -0.1) is 0 Å². The topological polar surface area (TPSA) is 80.0 Å². The van der Waals surface area contributed by atoms with Crippen LogP contribution in [-0.2, 0) is 24.1 Å². The molecule has 0 aliphatic rings. The van der Waals surface area contributed by atoms with Crippen LogP contribution in [0.15, 0.2) is 42.6 Å². The number of rotatable bonds is 6. The molecule has 0 spiro atoms. The van der Waals surface area contributed by atoms with Crippen LogP contribution in [0.5, 0.6) is 0 Å². The molecule has 1 amide bonds. The van der Waals surface area contributed by atoms with Crippen LogP contribution in [0.25, 0.3) is 5.69 Å². The second-order valence-corrected chi connectivity index (χ2v) is 7.14. The summed E-state index contributed by atoms with van der Waals surface area (Å²) in [6, 6.07) is 8.03. The van der Waals surface area contributed by atoms with Gasteiger partial charge in [0.1, 0.15) is 11.5 Å². The molecule has 2 aromatic heterocycles. The predicted molar refractivity (Wildman–Crippen MR) is 104 cm³/mol. The molecule has 3 rings (SSSR count). The maximum atomic E-state index is 13.8. The van der Waals surface area contributed by atoms with Crippen molar-refractivity contribution in [2.45, 2.75) is 32.2 Å². The fraction of sp³-hybridized carbons (Fsp3) is 0.250. The summed E-state index contributed by atoms with van der Waals surface area (Å²) < 4.78 is 54.4. The number of amides is 1. The molecule has 31 heavy (non-hydrogen) atoms. The lowest BCUT2D eigenvalue weighted by atomic mass is 10.0. The van der Waals surface area contributed by atoms with Gasteiger partial charge < -0.3 is 10.4 Å². The Labute approximate surface area is 179 Å². The molecule has 11 heteroatoms. The fourth-order valence-corrected chi connectivity index (χ4v) is 3.02. The highest BCUT2D eigenvalue weighted by Gasteiger charge is 2.35. The van der Waals surface area contributed by atoms with Crippen molar-refractivity contribution in [1.82, 2.24) is 20.1 Å². The third kappa shape index (κ3) is 5.20. The van der Waals surface area contributed by atoms with E-state index in [0.29, 0.717) is 10.7 Å². The molecule has 1 atom stereocenters. The highest BCUT2D eigenvalue weighted by molar-refractivity contribution is 6.30. The standard InChI is InChI=1S/C20H17ClF4N4O2/c1-11(12-5-16(22)17(10-30)26-8-12)19(31)27-9-15-7-18(20(23,24)25)28-29(15)14-4-2-3-13(21)6-14/h2-8,11,30H,9-10H2,1H3,(H,27,31). The fourth-order valence-electron chi connectivity index (χ4n) is 2.83. The average Bonchev–Trinajstić information content (AvgIpc) is 3.16. The number of carbonyl (C=O) groups excluding carboxylic acids is 1. The number of nitrogens with one attached hydrogen (secondary N) is 1. The van der Waals surface area contributed by atoms with Crippen LogP contribution in [-0.4, -0.2) is 25.8 Å². The lowest BCUT2D eigenvalue weighted by molar-refractivity contribution is -0.141. The van der Waals surface area contributed by atoms with Gasteiger partial charge in [0.2, 0.25) is 5.91 Å². The van der Waals surface area contributed by atoms with Crippen LogP contribution < -0.4 is 5.32 Å². The third-order valence-electron chi connectivity index (χ3n) is 4.55. The highest BCUT2D eigenvalue weighted by atomic mass is 35.5. The van der Waals surface area contributed by atoms with Crippen LogP contribution in [0.1, 0.15) is 35.5 Å². The van der Waals surface area contributed by atoms with Gasteiger partial charge in [-0.3, -0.25) is 9.78 Å². The van der Waals surface area contributed by atoms with Gasteiger partial charge in [-0.2, -0.15) is 18.3 Å². The maximum Gasteiger partial charge on any atom is 0.435 e. The van der Waals surface area contributed by atoms with Crippen molar-refractivity contribution >= 4 is 17.5 Å². The molecule has 6 nitrogen and oxygen atoms in total. The van der Waals surface area contributed by atoms with Gasteiger partial charge >= 0.3 is 6.18 Å². The van der Waals surface area contributed by atoms with Crippen LogP contribution in [0.4, 0.5) is 17.6 Å². The highest BCUT2D eigenvalue weighted by Crippen LogP contribution is 2.30. The summed E-state index contributed by atoms with van der Waals surface area (Å²) in [5.41, 5.74) is -0.634. The Bertz CT molecular complexity index is 1100. The first kappa shape index (κ1) is 22.7. The van der Waals surface area contributed by atoms with Crippen molar-refractivity contribution in [2.24, 2.45) is 0 Å². The summed E-state index contributed by atoms with van der Waals surface area (Å²) in [6.07, 6.45) is -3.41. The van der Waals surface area contributed by atoms with Gasteiger partial charge in [0.25, 0.3) is 0 Å². The van der Waals surface area contributed by atoms with E-state index in [0.717, 1.165) is 16.8 Å². The zero-order valence-electron chi connectivity index (χ0n) is 16.1. The van der Waals surface area contributed by atoms with Crippen molar-refractivity contribution in [3.8, 4) is 5.69 Å². The smallest absolute Gasteiger partial charge is 0.390 e. The minimum absolute atomic E-state index is 0.0788. The van der Waals surface area contributed by atoms with E-state index in [-0.39, 0.29) is 23.5 Å². The summed E-state index contributed by atoms with van der Waals surface area (Å²) in [7, 11) is 0. The molecular weight excluding hydrogens is 440 g/mol. The number of aliphatic hydroxyl groups is 1. The minimum Gasteiger partial charge on any atom is -0.390 e. The van der Waals surface area contributed by atoms with Gasteiger partial charge in [0.15, 0.2) is 5.69 Å². The van der Waals surface area contributed by atoms with Crippen molar-refractivity contribution in [3.63, 3.8) is 0 Å². The molecule has 1 unspecified atom stereocenters. The van der Waals surface area contributed by atoms with Gasteiger partial charge in [-0.05, 0) is 42.8 Å². The third-order valence-corrected chi connectivity index (χ3v) is 4.79. The van der Waals surface area contributed by atoms with Gasteiger partial charge in [-0.1, -0.05) is 17.7 Å². The minimum atomic E-state index is -4.67.